The number of aryl methyl sites for hydroxylation is 1. The lowest BCUT2D eigenvalue weighted by Crippen LogP contribution is -2.37. The molecule has 1 aliphatic carbocycles. The number of rotatable bonds is 2. The summed E-state index contributed by atoms with van der Waals surface area (Å²) in [6.45, 7) is 6.80. The molecule has 1 saturated carbocycles. The van der Waals surface area contributed by atoms with E-state index in [-0.39, 0.29) is 0 Å². The molecule has 3 rings (SSSR count). The molecule has 0 saturated heterocycles. The van der Waals surface area contributed by atoms with Gasteiger partial charge in [0.1, 0.15) is 0 Å². The molecule has 0 amide bonds. The van der Waals surface area contributed by atoms with E-state index in [1.54, 1.807) is 11.3 Å². The predicted octanol–water partition coefficient (Wildman–Crippen LogP) is 4.59. The van der Waals surface area contributed by atoms with Crippen molar-refractivity contribution in [2.75, 3.05) is 17.7 Å². The Labute approximate surface area is 131 Å². The van der Waals surface area contributed by atoms with Crippen molar-refractivity contribution in [1.82, 2.24) is 4.98 Å². The average Bonchev–Trinajstić information content (AvgIpc) is 2.76. The van der Waals surface area contributed by atoms with Gasteiger partial charge in [0.15, 0.2) is 0 Å². The molecule has 1 fully saturated rings. The van der Waals surface area contributed by atoms with Crippen LogP contribution in [0.15, 0.2) is 12.1 Å². The van der Waals surface area contributed by atoms with Crippen LogP contribution < -0.4 is 10.6 Å². The van der Waals surface area contributed by atoms with E-state index >= 15 is 0 Å². The van der Waals surface area contributed by atoms with E-state index in [2.05, 4.69) is 42.9 Å². The van der Waals surface area contributed by atoms with Gasteiger partial charge in [0.2, 0.25) is 0 Å². The Balaban J connectivity index is 1.87. The quantitative estimate of drug-likeness (QED) is 0.825. The number of benzene rings is 1. The van der Waals surface area contributed by atoms with Crippen molar-refractivity contribution < 1.29 is 0 Å². The molecule has 0 aliphatic heterocycles. The monoisotopic (exact) mass is 303 g/mol. The number of fused-ring (bicyclic) bond motifs is 1. The van der Waals surface area contributed by atoms with E-state index in [1.807, 2.05) is 6.92 Å². The van der Waals surface area contributed by atoms with Gasteiger partial charge in [-0.25, -0.2) is 4.98 Å². The van der Waals surface area contributed by atoms with E-state index in [0.717, 1.165) is 21.9 Å². The first-order valence-electron chi connectivity index (χ1n) is 7.75. The van der Waals surface area contributed by atoms with Gasteiger partial charge in [0.25, 0.3) is 0 Å². The number of nitrogens with zero attached hydrogens (tertiary/aromatic N) is 2. The van der Waals surface area contributed by atoms with Crippen LogP contribution >= 0.6 is 11.3 Å². The Morgan fingerprint density at radius 3 is 2.62 bits per heavy atom. The topological polar surface area (TPSA) is 42.2 Å². The van der Waals surface area contributed by atoms with Crippen LogP contribution in [0, 0.1) is 12.3 Å². The third-order valence-corrected chi connectivity index (χ3v) is 5.81. The molecule has 1 aromatic heterocycles. The zero-order valence-electron chi connectivity index (χ0n) is 13.4. The van der Waals surface area contributed by atoms with Gasteiger partial charge in [-0.2, -0.15) is 0 Å². The number of nitrogen functional groups attached to an aromatic ring is 1. The number of nitrogens with two attached hydrogens (primary N) is 1. The lowest BCUT2D eigenvalue weighted by Gasteiger charge is -2.39. The summed E-state index contributed by atoms with van der Waals surface area (Å²) in [6.07, 6.45) is 5.08. The van der Waals surface area contributed by atoms with Gasteiger partial charge in [0.05, 0.1) is 26.6 Å². The van der Waals surface area contributed by atoms with Gasteiger partial charge in [0, 0.05) is 13.1 Å². The molecule has 1 heterocycles. The van der Waals surface area contributed by atoms with Gasteiger partial charge in [-0.1, -0.05) is 13.8 Å². The fraction of sp³-hybridized carbons (Fsp3) is 0.588. The molecule has 2 N–H and O–H groups in total. The zero-order valence-corrected chi connectivity index (χ0v) is 14.3. The third-order valence-electron chi connectivity index (χ3n) is 4.88. The van der Waals surface area contributed by atoms with Crippen LogP contribution in [0.1, 0.15) is 44.5 Å². The van der Waals surface area contributed by atoms with Crippen molar-refractivity contribution in [2.45, 2.75) is 52.5 Å². The lowest BCUT2D eigenvalue weighted by molar-refractivity contribution is 0.222. The van der Waals surface area contributed by atoms with E-state index in [1.165, 1.54) is 30.4 Å². The molecule has 114 valence electrons. The van der Waals surface area contributed by atoms with Crippen LogP contribution in [0.2, 0.25) is 0 Å². The summed E-state index contributed by atoms with van der Waals surface area (Å²) in [7, 11) is 2.18. The summed E-state index contributed by atoms with van der Waals surface area (Å²) < 4.78 is 1.19. The van der Waals surface area contributed by atoms with Crippen LogP contribution in [0.4, 0.5) is 11.4 Å². The molecule has 0 bridgehead atoms. The van der Waals surface area contributed by atoms with Crippen LogP contribution in [0.3, 0.4) is 0 Å². The maximum absolute atomic E-state index is 6.29. The molecular weight excluding hydrogens is 278 g/mol. The van der Waals surface area contributed by atoms with Crippen molar-refractivity contribution in [3.05, 3.63) is 17.1 Å². The van der Waals surface area contributed by atoms with Gasteiger partial charge in [-0.15, -0.1) is 11.3 Å². The second kappa shape index (κ2) is 5.16. The molecule has 0 atom stereocenters. The molecule has 3 nitrogen and oxygen atoms in total. The molecule has 4 heteroatoms. The lowest BCUT2D eigenvalue weighted by atomic mass is 9.75. The SMILES string of the molecule is Cc1nc2cc(N(C)C3CCC(C)(C)CC3)c(N)cc2s1. The summed E-state index contributed by atoms with van der Waals surface area (Å²) in [6, 6.07) is 4.84. The Bertz CT molecular complexity index is 649. The van der Waals surface area contributed by atoms with Crippen LogP contribution in [0.25, 0.3) is 10.2 Å². The molecule has 0 spiro atoms. The number of thiazole rings is 1. The molecule has 21 heavy (non-hydrogen) atoms. The Morgan fingerprint density at radius 1 is 1.29 bits per heavy atom. The summed E-state index contributed by atoms with van der Waals surface area (Å²) in [5.74, 6) is 0. The fourth-order valence-corrected chi connectivity index (χ4v) is 4.22. The van der Waals surface area contributed by atoms with Crippen molar-refractivity contribution in [2.24, 2.45) is 5.41 Å². The van der Waals surface area contributed by atoms with Crippen LogP contribution in [0.5, 0.6) is 0 Å². The Kier molecular flexibility index (Phi) is 3.60. The van der Waals surface area contributed by atoms with Crippen molar-refractivity contribution in [3.8, 4) is 0 Å². The van der Waals surface area contributed by atoms with Gasteiger partial charge in [-0.05, 0) is 50.2 Å². The minimum Gasteiger partial charge on any atom is -0.397 e. The highest BCUT2D eigenvalue weighted by Gasteiger charge is 2.29. The zero-order chi connectivity index (χ0) is 15.2. The van der Waals surface area contributed by atoms with Crippen LogP contribution in [-0.4, -0.2) is 18.1 Å². The van der Waals surface area contributed by atoms with Crippen molar-refractivity contribution >= 4 is 32.9 Å². The highest BCUT2D eigenvalue weighted by molar-refractivity contribution is 7.18. The third kappa shape index (κ3) is 2.86. The standard InChI is InChI=1S/C17H25N3S/c1-11-19-14-10-15(13(18)9-16(14)21-11)20(4)12-5-7-17(2,3)8-6-12/h9-10,12H,5-8,18H2,1-4H3. The predicted molar refractivity (Wildman–Crippen MR) is 93.2 cm³/mol. The van der Waals surface area contributed by atoms with E-state index < -0.39 is 0 Å². The van der Waals surface area contributed by atoms with E-state index in [4.69, 9.17) is 5.73 Å². The van der Waals surface area contributed by atoms with E-state index in [0.29, 0.717) is 11.5 Å². The first-order valence-corrected chi connectivity index (χ1v) is 8.57. The maximum Gasteiger partial charge on any atom is 0.0907 e. The Morgan fingerprint density at radius 2 is 1.95 bits per heavy atom. The smallest absolute Gasteiger partial charge is 0.0907 e. The minimum atomic E-state index is 0.499. The molecule has 0 radical (unpaired) electrons. The average molecular weight is 303 g/mol. The molecule has 2 aromatic rings. The minimum absolute atomic E-state index is 0.499. The molecule has 1 aromatic carbocycles. The molecule has 1 aliphatic rings. The summed E-state index contributed by atoms with van der Waals surface area (Å²) in [5, 5.41) is 1.10. The summed E-state index contributed by atoms with van der Waals surface area (Å²) in [5.41, 5.74) is 9.88. The summed E-state index contributed by atoms with van der Waals surface area (Å²) in [4.78, 5) is 6.98. The highest BCUT2D eigenvalue weighted by Crippen LogP contribution is 2.39. The van der Waals surface area contributed by atoms with Gasteiger partial charge >= 0.3 is 0 Å². The van der Waals surface area contributed by atoms with Crippen molar-refractivity contribution in [1.29, 1.82) is 0 Å². The fourth-order valence-electron chi connectivity index (χ4n) is 3.37. The largest absolute Gasteiger partial charge is 0.397 e. The van der Waals surface area contributed by atoms with Crippen LogP contribution in [-0.2, 0) is 0 Å². The first-order chi connectivity index (χ1) is 9.85. The highest BCUT2D eigenvalue weighted by atomic mass is 32.1. The number of hydrogen-bond acceptors (Lipinski definition) is 4. The number of aromatic nitrogens is 1. The molecular formula is C17H25N3S. The number of anilines is 2. The molecule has 0 unspecified atom stereocenters. The van der Waals surface area contributed by atoms with Gasteiger partial charge in [-0.3, -0.25) is 0 Å². The number of hydrogen-bond donors (Lipinski definition) is 1. The van der Waals surface area contributed by atoms with Gasteiger partial charge < -0.3 is 10.6 Å². The van der Waals surface area contributed by atoms with E-state index in [9.17, 15) is 0 Å². The second-order valence-electron chi connectivity index (χ2n) is 7.12. The van der Waals surface area contributed by atoms with Crippen molar-refractivity contribution in [3.63, 3.8) is 0 Å². The normalized spacial score (nSPS) is 19.0. The summed E-state index contributed by atoms with van der Waals surface area (Å²) >= 11 is 1.71. The first kappa shape index (κ1) is 14.6. The maximum atomic E-state index is 6.29. The second-order valence-corrected chi connectivity index (χ2v) is 8.35. The Hall–Kier alpha value is -1.29.